The van der Waals surface area contributed by atoms with Gasteiger partial charge in [0.25, 0.3) is 0 Å². The van der Waals surface area contributed by atoms with Gasteiger partial charge in [-0.1, -0.05) is 24.3 Å². The summed E-state index contributed by atoms with van der Waals surface area (Å²) in [6.45, 7) is -0.377. The van der Waals surface area contributed by atoms with Crippen molar-refractivity contribution in [3.8, 4) is 0 Å². The Hall–Kier alpha value is -2.93. The molecule has 0 amide bonds. The van der Waals surface area contributed by atoms with Crippen molar-refractivity contribution in [2.75, 3.05) is 25.7 Å². The highest BCUT2D eigenvalue weighted by molar-refractivity contribution is 7.84. The van der Waals surface area contributed by atoms with Gasteiger partial charge in [-0.25, -0.2) is 20.1 Å². The molecule has 1 aliphatic carbocycles. The van der Waals surface area contributed by atoms with E-state index in [9.17, 15) is 13.2 Å². The van der Waals surface area contributed by atoms with Crippen molar-refractivity contribution in [1.29, 1.82) is 0 Å². The number of fused-ring (bicyclic) bond motifs is 2. The van der Waals surface area contributed by atoms with Crippen molar-refractivity contribution in [1.82, 2.24) is 19.5 Å². The summed E-state index contributed by atoms with van der Waals surface area (Å²) in [4.78, 5) is 28.0. The summed E-state index contributed by atoms with van der Waals surface area (Å²) in [6.07, 6.45) is 3.78. The first kappa shape index (κ1) is 22.3. The number of anilines is 1. The van der Waals surface area contributed by atoms with E-state index < -0.39 is 16.4 Å². The molecule has 32 heavy (non-hydrogen) atoms. The fourth-order valence-electron chi connectivity index (χ4n) is 4.02. The normalized spacial score (nSPS) is 16.8. The topological polar surface area (TPSA) is 143 Å². The first-order chi connectivity index (χ1) is 15.3. The molecule has 0 saturated heterocycles. The Morgan fingerprint density at radius 3 is 2.84 bits per heavy atom. The standard InChI is InChI=1S/C20H24N6O5S/c1-25(16-8-7-13-5-3-4-6-15(13)16)19-18-20(23-11-22-19)26(12-24-18)17(27)9-14(30-2)10-31-32(21,28)29/h3-6,11-12,14,16H,7-10H2,1-2H3,(H2,21,28,29)/t14?,16-/m0/s1. The van der Waals surface area contributed by atoms with Gasteiger partial charge in [-0.15, -0.1) is 0 Å². The van der Waals surface area contributed by atoms with Crippen molar-refractivity contribution >= 4 is 33.2 Å². The minimum Gasteiger partial charge on any atom is -0.378 e. The number of carbonyl (C=O) groups is 1. The first-order valence-electron chi connectivity index (χ1n) is 10.0. The lowest BCUT2D eigenvalue weighted by atomic mass is 10.1. The number of nitrogens with two attached hydrogens (primary N) is 1. The van der Waals surface area contributed by atoms with Crippen LogP contribution in [0, 0.1) is 0 Å². The van der Waals surface area contributed by atoms with E-state index in [0.29, 0.717) is 17.0 Å². The number of hydrogen-bond acceptors (Lipinski definition) is 9. The van der Waals surface area contributed by atoms with Crippen LogP contribution in [0.5, 0.6) is 0 Å². The molecule has 0 saturated carbocycles. The highest BCUT2D eigenvalue weighted by Gasteiger charge is 2.28. The van der Waals surface area contributed by atoms with E-state index in [4.69, 9.17) is 9.88 Å². The molecule has 2 atom stereocenters. The van der Waals surface area contributed by atoms with Crippen LogP contribution in [-0.4, -0.2) is 60.7 Å². The van der Waals surface area contributed by atoms with Crippen LogP contribution in [0.25, 0.3) is 11.2 Å². The summed E-state index contributed by atoms with van der Waals surface area (Å²) in [6, 6.07) is 8.48. The Kier molecular flexibility index (Phi) is 6.20. The average Bonchev–Trinajstić information content (AvgIpc) is 3.39. The predicted octanol–water partition coefficient (Wildman–Crippen LogP) is 1.22. The van der Waals surface area contributed by atoms with E-state index in [1.807, 2.05) is 19.2 Å². The molecule has 170 valence electrons. The van der Waals surface area contributed by atoms with Gasteiger partial charge in [-0.3, -0.25) is 13.5 Å². The van der Waals surface area contributed by atoms with E-state index in [1.165, 1.54) is 35.5 Å². The Labute approximate surface area is 185 Å². The van der Waals surface area contributed by atoms with Crippen LogP contribution in [0.3, 0.4) is 0 Å². The Bertz CT molecular complexity index is 1240. The number of nitrogens with zero attached hydrogens (tertiary/aromatic N) is 5. The molecule has 1 aromatic carbocycles. The molecule has 0 fully saturated rings. The minimum absolute atomic E-state index is 0.150. The molecule has 2 N–H and O–H groups in total. The third-order valence-corrected chi connectivity index (χ3v) is 6.10. The maximum atomic E-state index is 12.8. The number of aryl methyl sites for hydroxylation is 1. The Morgan fingerprint density at radius 2 is 2.09 bits per heavy atom. The molecule has 2 heterocycles. The molecule has 2 aromatic heterocycles. The van der Waals surface area contributed by atoms with Crippen LogP contribution in [0.4, 0.5) is 5.82 Å². The van der Waals surface area contributed by atoms with E-state index >= 15 is 0 Å². The number of aromatic nitrogens is 4. The number of imidazole rings is 1. The summed E-state index contributed by atoms with van der Waals surface area (Å²) in [7, 11) is -0.823. The number of rotatable bonds is 8. The van der Waals surface area contributed by atoms with E-state index in [-0.39, 0.29) is 25.0 Å². The third kappa shape index (κ3) is 4.48. The number of benzene rings is 1. The lowest BCUT2D eigenvalue weighted by Crippen LogP contribution is -2.28. The summed E-state index contributed by atoms with van der Waals surface area (Å²) < 4.78 is 33.0. The quantitative estimate of drug-likeness (QED) is 0.525. The van der Waals surface area contributed by atoms with Gasteiger partial charge in [0.2, 0.25) is 5.91 Å². The van der Waals surface area contributed by atoms with Crippen molar-refractivity contribution in [3.05, 3.63) is 48.0 Å². The Morgan fingerprint density at radius 1 is 1.31 bits per heavy atom. The van der Waals surface area contributed by atoms with Gasteiger partial charge in [0.05, 0.1) is 25.2 Å². The Balaban J connectivity index is 1.57. The van der Waals surface area contributed by atoms with Crippen molar-refractivity contribution in [2.45, 2.75) is 31.4 Å². The number of methoxy groups -OCH3 is 1. The van der Waals surface area contributed by atoms with Gasteiger partial charge in [0, 0.05) is 14.2 Å². The molecular weight excluding hydrogens is 436 g/mol. The molecule has 1 unspecified atom stereocenters. The zero-order valence-electron chi connectivity index (χ0n) is 17.7. The largest absolute Gasteiger partial charge is 0.378 e. The summed E-state index contributed by atoms with van der Waals surface area (Å²) in [5.41, 5.74) is 3.44. The van der Waals surface area contributed by atoms with Gasteiger partial charge >= 0.3 is 10.3 Å². The summed E-state index contributed by atoms with van der Waals surface area (Å²) in [5.74, 6) is 0.250. The van der Waals surface area contributed by atoms with Gasteiger partial charge in [0.15, 0.2) is 17.0 Å². The summed E-state index contributed by atoms with van der Waals surface area (Å²) >= 11 is 0. The SMILES string of the molecule is COC(COS(N)(=O)=O)CC(=O)n1cnc2c(N(C)[C@H]3CCc4ccccc43)ncnc21. The molecule has 12 heteroatoms. The average molecular weight is 461 g/mol. The summed E-state index contributed by atoms with van der Waals surface area (Å²) in [5, 5.41) is 4.84. The van der Waals surface area contributed by atoms with Crippen molar-refractivity contribution in [3.63, 3.8) is 0 Å². The van der Waals surface area contributed by atoms with Crippen LogP contribution in [-0.2, 0) is 25.6 Å². The molecule has 0 radical (unpaired) electrons. The van der Waals surface area contributed by atoms with Crippen LogP contribution in [0.2, 0.25) is 0 Å². The molecule has 3 aromatic rings. The van der Waals surface area contributed by atoms with E-state index in [0.717, 1.165) is 12.8 Å². The monoisotopic (exact) mass is 460 g/mol. The lowest BCUT2D eigenvalue weighted by Gasteiger charge is -2.26. The van der Waals surface area contributed by atoms with E-state index in [2.05, 4.69) is 36.2 Å². The maximum absolute atomic E-state index is 12.8. The second-order valence-corrected chi connectivity index (χ2v) is 8.80. The third-order valence-electron chi connectivity index (χ3n) is 5.64. The molecule has 0 aliphatic heterocycles. The van der Waals surface area contributed by atoms with Crippen LogP contribution < -0.4 is 10.0 Å². The molecule has 4 rings (SSSR count). The lowest BCUT2D eigenvalue weighted by molar-refractivity contribution is 0.0452. The smallest absolute Gasteiger partial charge is 0.333 e. The minimum atomic E-state index is -4.13. The molecule has 0 spiro atoms. The maximum Gasteiger partial charge on any atom is 0.333 e. The number of ether oxygens (including phenoxy) is 1. The van der Waals surface area contributed by atoms with Crippen LogP contribution in [0.15, 0.2) is 36.9 Å². The highest BCUT2D eigenvalue weighted by atomic mass is 32.2. The first-order valence-corrected chi connectivity index (χ1v) is 11.5. The zero-order valence-corrected chi connectivity index (χ0v) is 18.5. The second kappa shape index (κ2) is 8.90. The second-order valence-electron chi connectivity index (χ2n) is 7.58. The highest BCUT2D eigenvalue weighted by Crippen LogP contribution is 2.38. The molecule has 0 bridgehead atoms. The van der Waals surface area contributed by atoms with Gasteiger partial charge < -0.3 is 9.64 Å². The van der Waals surface area contributed by atoms with Crippen LogP contribution in [0.1, 0.15) is 34.8 Å². The van der Waals surface area contributed by atoms with Crippen molar-refractivity contribution < 1.29 is 22.1 Å². The molecule has 11 nitrogen and oxygen atoms in total. The zero-order chi connectivity index (χ0) is 22.9. The van der Waals surface area contributed by atoms with E-state index in [1.54, 1.807) is 0 Å². The van der Waals surface area contributed by atoms with Gasteiger partial charge in [-0.05, 0) is 24.0 Å². The fraction of sp³-hybridized carbons (Fsp3) is 0.400. The molecular formula is C20H24N6O5S. The predicted molar refractivity (Wildman–Crippen MR) is 116 cm³/mol. The van der Waals surface area contributed by atoms with Crippen LogP contribution >= 0.6 is 0 Å². The fourth-order valence-corrected chi connectivity index (χ4v) is 4.36. The molecule has 1 aliphatic rings. The number of carbonyl (C=O) groups excluding carboxylic acids is 1. The van der Waals surface area contributed by atoms with Crippen molar-refractivity contribution in [2.24, 2.45) is 5.14 Å². The van der Waals surface area contributed by atoms with Gasteiger partial charge in [0.1, 0.15) is 12.7 Å². The number of hydrogen-bond donors (Lipinski definition) is 1. The van der Waals surface area contributed by atoms with Gasteiger partial charge in [-0.2, -0.15) is 8.42 Å².